The lowest BCUT2D eigenvalue weighted by molar-refractivity contribution is 0.314. The molecule has 26 heavy (non-hydrogen) atoms. The number of rotatable bonds is 2. The van der Waals surface area contributed by atoms with Crippen LogP contribution < -0.4 is 5.32 Å². The standard InChI is InChI=1S/C20H19F2N3S/c21-15-5-6-18(16(22)12-15)24-20(26)25-9-7-13(8-10-25)19-11-14-3-1-2-4-17(14)23-19/h1-6,11-13,23H,7-10H2,(H,24,26). The molecule has 6 heteroatoms. The Kier molecular flexibility index (Phi) is 4.59. The van der Waals surface area contributed by atoms with E-state index in [1.807, 2.05) is 17.0 Å². The van der Waals surface area contributed by atoms with Gasteiger partial charge in [0.1, 0.15) is 11.6 Å². The van der Waals surface area contributed by atoms with E-state index in [4.69, 9.17) is 12.2 Å². The van der Waals surface area contributed by atoms with Crippen LogP contribution in [-0.4, -0.2) is 28.1 Å². The van der Waals surface area contributed by atoms with E-state index < -0.39 is 11.6 Å². The highest BCUT2D eigenvalue weighted by atomic mass is 32.1. The molecule has 1 saturated heterocycles. The molecule has 1 fully saturated rings. The normalized spacial score (nSPS) is 15.4. The second kappa shape index (κ2) is 7.03. The van der Waals surface area contributed by atoms with Gasteiger partial charge >= 0.3 is 0 Å². The molecular weight excluding hydrogens is 352 g/mol. The zero-order valence-electron chi connectivity index (χ0n) is 14.1. The Morgan fingerprint density at radius 2 is 1.85 bits per heavy atom. The van der Waals surface area contributed by atoms with E-state index in [-0.39, 0.29) is 5.69 Å². The van der Waals surface area contributed by atoms with Crippen LogP contribution in [0.1, 0.15) is 24.5 Å². The maximum atomic E-state index is 13.8. The second-order valence-corrected chi connectivity index (χ2v) is 7.01. The number of hydrogen-bond acceptors (Lipinski definition) is 1. The first-order valence-electron chi connectivity index (χ1n) is 8.69. The smallest absolute Gasteiger partial charge is 0.173 e. The lowest BCUT2D eigenvalue weighted by atomic mass is 9.94. The largest absolute Gasteiger partial charge is 0.358 e. The van der Waals surface area contributed by atoms with Crippen molar-refractivity contribution in [2.45, 2.75) is 18.8 Å². The van der Waals surface area contributed by atoms with E-state index in [9.17, 15) is 8.78 Å². The van der Waals surface area contributed by atoms with Crippen molar-refractivity contribution in [3.8, 4) is 0 Å². The summed E-state index contributed by atoms with van der Waals surface area (Å²) in [7, 11) is 0. The molecule has 2 aromatic carbocycles. The molecule has 1 aliphatic heterocycles. The van der Waals surface area contributed by atoms with E-state index in [0.29, 0.717) is 11.0 Å². The molecule has 3 nitrogen and oxygen atoms in total. The van der Waals surface area contributed by atoms with Gasteiger partial charge in [-0.3, -0.25) is 0 Å². The average Bonchev–Trinajstić information content (AvgIpc) is 3.08. The molecule has 1 aromatic heterocycles. The number of thiocarbonyl (C=S) groups is 1. The van der Waals surface area contributed by atoms with Gasteiger partial charge in [0.15, 0.2) is 5.11 Å². The SMILES string of the molecule is Fc1ccc(NC(=S)N2CCC(c3cc4ccccc4[nH]3)CC2)c(F)c1. The zero-order valence-corrected chi connectivity index (χ0v) is 15.0. The maximum absolute atomic E-state index is 13.8. The molecule has 2 N–H and O–H groups in total. The Morgan fingerprint density at radius 3 is 2.58 bits per heavy atom. The minimum atomic E-state index is -0.639. The minimum Gasteiger partial charge on any atom is -0.358 e. The van der Waals surface area contributed by atoms with E-state index in [0.717, 1.165) is 37.5 Å². The third-order valence-electron chi connectivity index (χ3n) is 4.95. The molecule has 0 amide bonds. The van der Waals surface area contributed by atoms with Gasteiger partial charge in [0.2, 0.25) is 0 Å². The highest BCUT2D eigenvalue weighted by molar-refractivity contribution is 7.80. The Labute approximate surface area is 156 Å². The third kappa shape index (κ3) is 3.42. The first-order valence-corrected chi connectivity index (χ1v) is 9.09. The number of nitrogens with one attached hydrogen (secondary N) is 2. The van der Waals surface area contributed by atoms with E-state index in [2.05, 4.69) is 28.5 Å². The number of nitrogens with zero attached hydrogens (tertiary/aromatic N) is 1. The van der Waals surface area contributed by atoms with Crippen LogP contribution in [0.4, 0.5) is 14.5 Å². The number of benzene rings is 2. The van der Waals surface area contributed by atoms with Gasteiger partial charge in [-0.2, -0.15) is 0 Å². The molecule has 0 unspecified atom stereocenters. The van der Waals surface area contributed by atoms with Crippen LogP contribution in [0.3, 0.4) is 0 Å². The molecule has 0 saturated carbocycles. The summed E-state index contributed by atoms with van der Waals surface area (Å²) < 4.78 is 26.8. The van der Waals surface area contributed by atoms with Crippen LogP contribution in [0.5, 0.6) is 0 Å². The summed E-state index contributed by atoms with van der Waals surface area (Å²) in [5.41, 5.74) is 2.62. The molecule has 0 aliphatic carbocycles. The highest BCUT2D eigenvalue weighted by Gasteiger charge is 2.23. The minimum absolute atomic E-state index is 0.203. The summed E-state index contributed by atoms with van der Waals surface area (Å²) in [6.07, 6.45) is 1.95. The molecule has 3 aromatic rings. The summed E-state index contributed by atoms with van der Waals surface area (Å²) in [6, 6.07) is 13.9. The predicted molar refractivity (Wildman–Crippen MR) is 104 cm³/mol. The molecule has 4 rings (SSSR count). The molecule has 1 aliphatic rings. The van der Waals surface area contributed by atoms with Crippen molar-refractivity contribution in [3.63, 3.8) is 0 Å². The number of likely N-dealkylation sites (tertiary alicyclic amines) is 1. The Balaban J connectivity index is 1.39. The van der Waals surface area contributed by atoms with Crippen LogP contribution in [0, 0.1) is 11.6 Å². The lowest BCUT2D eigenvalue weighted by Crippen LogP contribution is -2.40. The molecule has 2 heterocycles. The van der Waals surface area contributed by atoms with Gasteiger partial charge in [0.05, 0.1) is 5.69 Å². The summed E-state index contributed by atoms with van der Waals surface area (Å²) >= 11 is 5.40. The maximum Gasteiger partial charge on any atom is 0.173 e. The molecule has 0 radical (unpaired) electrons. The number of piperidine rings is 1. The van der Waals surface area contributed by atoms with Gasteiger partial charge in [-0.25, -0.2) is 8.78 Å². The van der Waals surface area contributed by atoms with Crippen molar-refractivity contribution >= 4 is 33.9 Å². The first-order chi connectivity index (χ1) is 12.6. The Hall–Kier alpha value is -2.47. The fourth-order valence-electron chi connectivity index (χ4n) is 3.49. The summed E-state index contributed by atoms with van der Waals surface area (Å²) in [5, 5.41) is 4.60. The van der Waals surface area contributed by atoms with Crippen LogP contribution >= 0.6 is 12.2 Å². The lowest BCUT2D eigenvalue weighted by Gasteiger charge is -2.33. The summed E-state index contributed by atoms with van der Waals surface area (Å²) in [4.78, 5) is 5.55. The number of para-hydroxylation sites is 1. The molecule has 134 valence electrons. The molecule has 0 bridgehead atoms. The number of halogens is 2. The number of aromatic nitrogens is 1. The number of fused-ring (bicyclic) bond motifs is 1. The second-order valence-electron chi connectivity index (χ2n) is 6.63. The van der Waals surface area contributed by atoms with Crippen LogP contribution in [0.2, 0.25) is 0 Å². The summed E-state index contributed by atoms with van der Waals surface area (Å²) in [6.45, 7) is 1.60. The first kappa shape index (κ1) is 17.0. The number of aromatic amines is 1. The predicted octanol–water partition coefficient (Wildman–Crippen LogP) is 5.02. The zero-order chi connectivity index (χ0) is 18.1. The fourth-order valence-corrected chi connectivity index (χ4v) is 3.79. The van der Waals surface area contributed by atoms with Crippen molar-refractivity contribution in [1.82, 2.24) is 9.88 Å². The van der Waals surface area contributed by atoms with Gasteiger partial charge < -0.3 is 15.2 Å². The van der Waals surface area contributed by atoms with Gasteiger partial charge in [0, 0.05) is 36.3 Å². The van der Waals surface area contributed by atoms with Crippen LogP contribution in [0.15, 0.2) is 48.5 Å². The van der Waals surface area contributed by atoms with Gasteiger partial charge in [-0.05, 0) is 54.7 Å². The van der Waals surface area contributed by atoms with Crippen molar-refractivity contribution in [2.75, 3.05) is 18.4 Å². The third-order valence-corrected chi connectivity index (χ3v) is 5.31. The van der Waals surface area contributed by atoms with Crippen molar-refractivity contribution in [1.29, 1.82) is 0 Å². The number of hydrogen-bond donors (Lipinski definition) is 2. The topological polar surface area (TPSA) is 31.1 Å². The van der Waals surface area contributed by atoms with Crippen molar-refractivity contribution < 1.29 is 8.78 Å². The van der Waals surface area contributed by atoms with Crippen molar-refractivity contribution in [3.05, 3.63) is 65.9 Å². The van der Waals surface area contributed by atoms with E-state index >= 15 is 0 Å². The van der Waals surface area contributed by atoms with Crippen LogP contribution in [0.25, 0.3) is 10.9 Å². The molecule has 0 atom stereocenters. The Morgan fingerprint density at radius 1 is 1.08 bits per heavy atom. The Bertz CT molecular complexity index is 912. The number of H-pyrrole nitrogens is 1. The van der Waals surface area contributed by atoms with Gasteiger partial charge in [-0.15, -0.1) is 0 Å². The monoisotopic (exact) mass is 371 g/mol. The quantitative estimate of drug-likeness (QED) is 0.620. The summed E-state index contributed by atoms with van der Waals surface area (Å²) in [5.74, 6) is -0.776. The van der Waals surface area contributed by atoms with E-state index in [1.54, 1.807) is 0 Å². The number of anilines is 1. The fraction of sp³-hybridized carbons (Fsp3) is 0.250. The van der Waals surface area contributed by atoms with Crippen molar-refractivity contribution in [2.24, 2.45) is 0 Å². The highest BCUT2D eigenvalue weighted by Crippen LogP contribution is 2.30. The average molecular weight is 371 g/mol. The van der Waals surface area contributed by atoms with Crippen LogP contribution in [-0.2, 0) is 0 Å². The van der Waals surface area contributed by atoms with Gasteiger partial charge in [0.25, 0.3) is 0 Å². The molecule has 0 spiro atoms. The van der Waals surface area contributed by atoms with Gasteiger partial charge in [-0.1, -0.05) is 18.2 Å². The van der Waals surface area contributed by atoms with E-state index in [1.165, 1.54) is 23.2 Å². The molecular formula is C20H19F2N3S.